The summed E-state index contributed by atoms with van der Waals surface area (Å²) >= 11 is 0. The van der Waals surface area contributed by atoms with Crippen molar-refractivity contribution in [1.29, 1.82) is 0 Å². The Morgan fingerprint density at radius 3 is 2.55 bits per heavy atom. The van der Waals surface area contributed by atoms with Crippen molar-refractivity contribution in [2.45, 2.75) is 13.3 Å². The molecule has 5 heteroatoms. The predicted molar refractivity (Wildman–Crippen MR) is 79.5 cm³/mol. The highest BCUT2D eigenvalue weighted by Gasteiger charge is 2.12. The van der Waals surface area contributed by atoms with Gasteiger partial charge in [-0.3, -0.25) is 0 Å². The number of aromatic nitrogens is 1. The van der Waals surface area contributed by atoms with Gasteiger partial charge in [-0.25, -0.2) is 9.78 Å². The fraction of sp³-hybridized carbons (Fsp3) is 0.200. The molecular weight excluding hydrogens is 254 g/mol. The second kappa shape index (κ2) is 5.61. The van der Waals surface area contributed by atoms with E-state index < -0.39 is 5.97 Å². The number of hydrogen-bond donors (Lipinski definition) is 2. The number of anilines is 3. The van der Waals surface area contributed by atoms with Gasteiger partial charge in [0.05, 0.1) is 17.4 Å². The lowest BCUT2D eigenvalue weighted by Crippen LogP contribution is -2.13. The lowest BCUT2D eigenvalue weighted by molar-refractivity contribution is 0.0698. The molecular formula is C15H17N3O2. The first kappa shape index (κ1) is 13.9. The second-order valence-corrected chi connectivity index (χ2v) is 4.51. The molecule has 1 aromatic heterocycles. The van der Waals surface area contributed by atoms with Crippen LogP contribution in [0.25, 0.3) is 0 Å². The summed E-state index contributed by atoms with van der Waals surface area (Å²) in [5.41, 5.74) is 8.02. The van der Waals surface area contributed by atoms with Crippen LogP contribution in [0.4, 0.5) is 17.2 Å². The van der Waals surface area contributed by atoms with Crippen LogP contribution in [0.3, 0.4) is 0 Å². The number of nitrogens with zero attached hydrogens (tertiary/aromatic N) is 2. The number of carboxylic acids is 1. The molecule has 20 heavy (non-hydrogen) atoms. The van der Waals surface area contributed by atoms with Crippen LogP contribution in [0, 0.1) is 0 Å². The number of nitrogens with two attached hydrogens (primary N) is 1. The van der Waals surface area contributed by atoms with Crippen LogP contribution in [-0.2, 0) is 6.42 Å². The van der Waals surface area contributed by atoms with Crippen molar-refractivity contribution in [2.75, 3.05) is 17.7 Å². The van der Waals surface area contributed by atoms with Crippen LogP contribution in [0.1, 0.15) is 22.8 Å². The van der Waals surface area contributed by atoms with E-state index in [4.69, 9.17) is 10.8 Å². The minimum atomic E-state index is -1.05. The zero-order chi connectivity index (χ0) is 14.7. The molecule has 0 aliphatic rings. The number of carboxylic acid groups (broad SMARTS) is 1. The average molecular weight is 271 g/mol. The van der Waals surface area contributed by atoms with E-state index in [0.29, 0.717) is 5.82 Å². The summed E-state index contributed by atoms with van der Waals surface area (Å²) in [6.45, 7) is 2.10. The van der Waals surface area contributed by atoms with E-state index in [9.17, 15) is 4.79 Å². The summed E-state index contributed by atoms with van der Waals surface area (Å²) in [5, 5.41) is 9.08. The van der Waals surface area contributed by atoms with Crippen molar-refractivity contribution in [2.24, 2.45) is 0 Å². The van der Waals surface area contributed by atoms with E-state index in [-0.39, 0.29) is 11.3 Å². The Morgan fingerprint density at radius 2 is 2.00 bits per heavy atom. The first-order valence-electron chi connectivity index (χ1n) is 6.34. The zero-order valence-electron chi connectivity index (χ0n) is 11.5. The Morgan fingerprint density at radius 1 is 1.35 bits per heavy atom. The van der Waals surface area contributed by atoms with Gasteiger partial charge in [0.1, 0.15) is 5.82 Å². The van der Waals surface area contributed by atoms with Gasteiger partial charge >= 0.3 is 5.97 Å². The highest BCUT2D eigenvalue weighted by Crippen LogP contribution is 2.24. The summed E-state index contributed by atoms with van der Waals surface area (Å²) < 4.78 is 0. The van der Waals surface area contributed by atoms with E-state index in [1.807, 2.05) is 36.2 Å². The highest BCUT2D eigenvalue weighted by molar-refractivity contribution is 5.94. The zero-order valence-corrected chi connectivity index (χ0v) is 11.5. The van der Waals surface area contributed by atoms with Gasteiger partial charge in [0.25, 0.3) is 0 Å². The van der Waals surface area contributed by atoms with Crippen molar-refractivity contribution >= 4 is 23.2 Å². The topological polar surface area (TPSA) is 79.5 Å². The first-order valence-corrected chi connectivity index (χ1v) is 6.34. The Bertz CT molecular complexity index is 624. The number of aryl methyl sites for hydroxylation is 1. The maximum absolute atomic E-state index is 11.1. The molecule has 104 valence electrons. The highest BCUT2D eigenvalue weighted by atomic mass is 16.4. The molecule has 1 heterocycles. The Labute approximate surface area is 117 Å². The van der Waals surface area contributed by atoms with Gasteiger partial charge in [-0.1, -0.05) is 19.1 Å². The molecule has 0 aliphatic heterocycles. The number of aromatic carboxylic acids is 1. The lowest BCUT2D eigenvalue weighted by atomic mass is 10.1. The average Bonchev–Trinajstić information content (AvgIpc) is 2.47. The smallest absolute Gasteiger partial charge is 0.337 e. The minimum absolute atomic E-state index is 0.0621. The van der Waals surface area contributed by atoms with Crippen molar-refractivity contribution in [1.82, 2.24) is 4.98 Å². The lowest BCUT2D eigenvalue weighted by Gasteiger charge is -2.19. The number of nitrogen functional groups attached to an aromatic ring is 1. The van der Waals surface area contributed by atoms with Gasteiger partial charge in [-0.2, -0.15) is 0 Å². The van der Waals surface area contributed by atoms with Crippen LogP contribution in [0.2, 0.25) is 0 Å². The number of carbonyl (C=O) groups is 1. The maximum atomic E-state index is 11.1. The number of benzene rings is 1. The van der Waals surface area contributed by atoms with Crippen LogP contribution >= 0.6 is 0 Å². The normalized spacial score (nSPS) is 10.3. The van der Waals surface area contributed by atoms with Gasteiger partial charge in [0.2, 0.25) is 0 Å². The van der Waals surface area contributed by atoms with Crippen molar-refractivity contribution in [3.63, 3.8) is 0 Å². The summed E-state index contributed by atoms with van der Waals surface area (Å²) in [6.07, 6.45) is 2.35. The molecule has 0 spiro atoms. The first-order chi connectivity index (χ1) is 9.52. The van der Waals surface area contributed by atoms with Crippen LogP contribution in [-0.4, -0.2) is 23.1 Å². The van der Waals surface area contributed by atoms with E-state index in [1.54, 1.807) is 0 Å². The molecule has 3 N–H and O–H groups in total. The van der Waals surface area contributed by atoms with E-state index >= 15 is 0 Å². The molecule has 0 amide bonds. The van der Waals surface area contributed by atoms with E-state index in [2.05, 4.69) is 11.9 Å². The number of rotatable bonds is 4. The van der Waals surface area contributed by atoms with Crippen molar-refractivity contribution in [3.05, 3.63) is 47.7 Å². The maximum Gasteiger partial charge on any atom is 0.337 e. The Balaban J connectivity index is 2.34. The monoisotopic (exact) mass is 271 g/mol. The summed E-state index contributed by atoms with van der Waals surface area (Å²) in [6, 6.07) is 9.53. The quantitative estimate of drug-likeness (QED) is 0.893. The minimum Gasteiger partial charge on any atom is -0.478 e. The molecule has 0 atom stereocenters. The SMILES string of the molecule is CCc1ccc(N(C)c2cc(C(=O)O)c(N)cn2)cc1. The predicted octanol–water partition coefficient (Wildman–Crippen LogP) is 2.69. The molecule has 0 saturated carbocycles. The summed E-state index contributed by atoms with van der Waals surface area (Å²) in [4.78, 5) is 17.1. The molecule has 0 bridgehead atoms. The van der Waals surface area contributed by atoms with E-state index in [1.165, 1.54) is 17.8 Å². The van der Waals surface area contributed by atoms with Gasteiger partial charge in [-0.05, 0) is 30.2 Å². The summed E-state index contributed by atoms with van der Waals surface area (Å²) in [7, 11) is 1.84. The van der Waals surface area contributed by atoms with Crippen LogP contribution in [0.5, 0.6) is 0 Å². The van der Waals surface area contributed by atoms with Crippen molar-refractivity contribution < 1.29 is 9.90 Å². The van der Waals surface area contributed by atoms with Gasteiger partial charge in [0, 0.05) is 12.7 Å². The summed E-state index contributed by atoms with van der Waals surface area (Å²) in [5.74, 6) is -0.512. The standard InChI is InChI=1S/C15H17N3O2/c1-3-10-4-6-11(7-5-10)18(2)14-8-12(15(19)20)13(16)9-17-14/h4-9H,3,16H2,1-2H3,(H,19,20). The van der Waals surface area contributed by atoms with Gasteiger partial charge in [-0.15, -0.1) is 0 Å². The third-order valence-corrected chi connectivity index (χ3v) is 3.23. The third-order valence-electron chi connectivity index (χ3n) is 3.23. The molecule has 2 rings (SSSR count). The van der Waals surface area contributed by atoms with Gasteiger partial charge in [0.15, 0.2) is 0 Å². The fourth-order valence-corrected chi connectivity index (χ4v) is 1.91. The van der Waals surface area contributed by atoms with Crippen molar-refractivity contribution in [3.8, 4) is 0 Å². The third kappa shape index (κ3) is 2.71. The molecule has 5 nitrogen and oxygen atoms in total. The molecule has 0 saturated heterocycles. The molecule has 0 radical (unpaired) electrons. The Hall–Kier alpha value is -2.56. The van der Waals surface area contributed by atoms with Gasteiger partial charge < -0.3 is 15.7 Å². The Kier molecular flexibility index (Phi) is 3.89. The molecule has 0 unspecified atom stereocenters. The number of pyridine rings is 1. The molecule has 0 fully saturated rings. The molecule has 0 aliphatic carbocycles. The fourth-order valence-electron chi connectivity index (χ4n) is 1.91. The second-order valence-electron chi connectivity index (χ2n) is 4.51. The van der Waals surface area contributed by atoms with E-state index in [0.717, 1.165) is 12.1 Å². The van der Waals surface area contributed by atoms with Crippen LogP contribution < -0.4 is 10.6 Å². The van der Waals surface area contributed by atoms with Crippen LogP contribution in [0.15, 0.2) is 36.5 Å². The molecule has 1 aromatic carbocycles. The largest absolute Gasteiger partial charge is 0.478 e. The molecule has 2 aromatic rings. The number of hydrogen-bond acceptors (Lipinski definition) is 4.